The molecule has 1 aliphatic rings. The molecule has 6 nitrogen and oxygen atoms in total. The van der Waals surface area contributed by atoms with Gasteiger partial charge in [-0.15, -0.1) is 0 Å². The van der Waals surface area contributed by atoms with Crippen LogP contribution in [0.2, 0.25) is 0 Å². The van der Waals surface area contributed by atoms with Crippen LogP contribution in [0.4, 0.5) is 5.69 Å². The first-order valence-corrected chi connectivity index (χ1v) is 9.42. The van der Waals surface area contributed by atoms with Crippen LogP contribution in [0, 0.1) is 0 Å². The number of benzene rings is 1. The lowest BCUT2D eigenvalue weighted by atomic mass is 10.1. The summed E-state index contributed by atoms with van der Waals surface area (Å²) in [6.45, 7) is 2.38. The zero-order valence-electron chi connectivity index (χ0n) is 13.7. The lowest BCUT2D eigenvalue weighted by molar-refractivity contribution is 0.0726. The molecule has 1 atom stereocenters. The van der Waals surface area contributed by atoms with E-state index in [0.717, 1.165) is 0 Å². The number of rotatable bonds is 4. The van der Waals surface area contributed by atoms with Crippen LogP contribution in [-0.2, 0) is 10.0 Å². The van der Waals surface area contributed by atoms with Gasteiger partial charge in [-0.25, -0.2) is 8.42 Å². The van der Waals surface area contributed by atoms with Gasteiger partial charge in [0.05, 0.1) is 23.7 Å². The van der Waals surface area contributed by atoms with Crippen molar-refractivity contribution in [3.8, 4) is 0 Å². The van der Waals surface area contributed by atoms with E-state index in [4.69, 9.17) is 4.42 Å². The van der Waals surface area contributed by atoms with Crippen molar-refractivity contribution in [2.75, 3.05) is 23.7 Å². The maximum Gasteiger partial charge on any atom is 0.254 e. The molecule has 3 rings (SSSR count). The number of amides is 1. The molecule has 1 aromatic carbocycles. The standard InChI is InChI=1S/C17H20N2O4S/c1-13(16-5-3-11-23-16)18(2)17(20)14-6-8-15(9-7-14)19-10-4-12-24(19,21)22/h3,5-9,11,13H,4,10,12H2,1-2H3. The fourth-order valence-electron chi connectivity index (χ4n) is 2.80. The highest BCUT2D eigenvalue weighted by molar-refractivity contribution is 7.93. The van der Waals surface area contributed by atoms with Crippen molar-refractivity contribution < 1.29 is 17.6 Å². The molecule has 0 aliphatic carbocycles. The van der Waals surface area contributed by atoms with Crippen molar-refractivity contribution in [3.63, 3.8) is 0 Å². The molecule has 2 heterocycles. The SMILES string of the molecule is CC(c1ccco1)N(C)C(=O)c1ccc(N2CCCS2(=O)=O)cc1. The number of carbonyl (C=O) groups is 1. The van der Waals surface area contributed by atoms with Crippen LogP contribution in [0.15, 0.2) is 47.1 Å². The predicted molar refractivity (Wildman–Crippen MR) is 91.4 cm³/mol. The summed E-state index contributed by atoms with van der Waals surface area (Å²) in [6, 6.07) is 10.1. The van der Waals surface area contributed by atoms with E-state index in [-0.39, 0.29) is 17.7 Å². The Labute approximate surface area is 141 Å². The van der Waals surface area contributed by atoms with Crippen LogP contribution in [0.3, 0.4) is 0 Å². The minimum Gasteiger partial charge on any atom is -0.467 e. The van der Waals surface area contributed by atoms with Gasteiger partial charge in [-0.2, -0.15) is 0 Å². The Kier molecular flexibility index (Phi) is 4.36. The average Bonchev–Trinajstić information content (AvgIpc) is 3.22. The summed E-state index contributed by atoms with van der Waals surface area (Å²) in [5.74, 6) is 0.747. The number of furan rings is 1. The van der Waals surface area contributed by atoms with Gasteiger partial charge in [-0.3, -0.25) is 9.10 Å². The van der Waals surface area contributed by atoms with Crippen LogP contribution >= 0.6 is 0 Å². The van der Waals surface area contributed by atoms with Crippen LogP contribution < -0.4 is 4.31 Å². The topological polar surface area (TPSA) is 70.8 Å². The highest BCUT2D eigenvalue weighted by Crippen LogP contribution is 2.26. The van der Waals surface area contributed by atoms with Crippen LogP contribution in [0.25, 0.3) is 0 Å². The third-order valence-electron chi connectivity index (χ3n) is 4.36. The molecule has 0 radical (unpaired) electrons. The maximum absolute atomic E-state index is 12.6. The van der Waals surface area contributed by atoms with Crippen molar-refractivity contribution in [1.29, 1.82) is 0 Å². The van der Waals surface area contributed by atoms with E-state index in [1.54, 1.807) is 48.5 Å². The second-order valence-corrected chi connectivity index (χ2v) is 7.91. The third-order valence-corrected chi connectivity index (χ3v) is 6.23. The Hall–Kier alpha value is -2.28. The minimum absolute atomic E-state index is 0.144. The van der Waals surface area contributed by atoms with E-state index in [9.17, 15) is 13.2 Å². The summed E-state index contributed by atoms with van der Waals surface area (Å²) in [7, 11) is -1.49. The molecule has 24 heavy (non-hydrogen) atoms. The normalized spacial score (nSPS) is 17.7. The first-order chi connectivity index (χ1) is 11.4. The monoisotopic (exact) mass is 348 g/mol. The van der Waals surface area contributed by atoms with E-state index < -0.39 is 10.0 Å². The molecule has 0 N–H and O–H groups in total. The van der Waals surface area contributed by atoms with Gasteiger partial charge in [0.25, 0.3) is 5.91 Å². The van der Waals surface area contributed by atoms with Crippen LogP contribution in [0.1, 0.15) is 35.5 Å². The second-order valence-electron chi connectivity index (χ2n) is 5.90. The molecule has 2 aromatic rings. The molecule has 1 amide bonds. The minimum atomic E-state index is -3.21. The van der Waals surface area contributed by atoms with Crippen LogP contribution in [0.5, 0.6) is 0 Å². The van der Waals surface area contributed by atoms with Crippen molar-refractivity contribution in [2.24, 2.45) is 0 Å². The number of carbonyl (C=O) groups excluding carboxylic acids is 1. The van der Waals surface area contributed by atoms with Gasteiger partial charge in [0.15, 0.2) is 0 Å². The maximum atomic E-state index is 12.6. The molecular formula is C17H20N2O4S. The molecule has 1 aromatic heterocycles. The zero-order valence-corrected chi connectivity index (χ0v) is 14.5. The first-order valence-electron chi connectivity index (χ1n) is 7.81. The van der Waals surface area contributed by atoms with E-state index in [0.29, 0.717) is 30.0 Å². The van der Waals surface area contributed by atoms with Gasteiger partial charge >= 0.3 is 0 Å². The molecule has 0 saturated carbocycles. The van der Waals surface area contributed by atoms with Gasteiger partial charge in [0.2, 0.25) is 10.0 Å². The quantitative estimate of drug-likeness (QED) is 0.852. The summed E-state index contributed by atoms with van der Waals surface area (Å²) >= 11 is 0. The lowest BCUT2D eigenvalue weighted by Gasteiger charge is -2.24. The summed E-state index contributed by atoms with van der Waals surface area (Å²) in [4.78, 5) is 14.2. The van der Waals surface area contributed by atoms with Gasteiger partial charge in [0, 0.05) is 19.2 Å². The van der Waals surface area contributed by atoms with E-state index in [2.05, 4.69) is 0 Å². The molecule has 1 unspecified atom stereocenters. The Morgan fingerprint density at radius 3 is 2.50 bits per heavy atom. The fraction of sp³-hybridized carbons (Fsp3) is 0.353. The third kappa shape index (κ3) is 3.03. The number of hydrogen-bond acceptors (Lipinski definition) is 4. The zero-order chi connectivity index (χ0) is 17.3. The van der Waals surface area contributed by atoms with Gasteiger partial charge in [-0.05, 0) is 49.7 Å². The molecule has 128 valence electrons. The van der Waals surface area contributed by atoms with Crippen LogP contribution in [-0.4, -0.2) is 38.6 Å². The Balaban J connectivity index is 1.77. The van der Waals surface area contributed by atoms with Gasteiger partial charge < -0.3 is 9.32 Å². The number of nitrogens with zero attached hydrogens (tertiary/aromatic N) is 2. The number of anilines is 1. The van der Waals surface area contributed by atoms with Crippen molar-refractivity contribution in [3.05, 3.63) is 54.0 Å². The Bertz CT molecular complexity index is 813. The van der Waals surface area contributed by atoms with E-state index in [1.165, 1.54) is 4.31 Å². The highest BCUT2D eigenvalue weighted by atomic mass is 32.2. The summed E-state index contributed by atoms with van der Waals surface area (Å²) in [5.41, 5.74) is 1.11. The largest absolute Gasteiger partial charge is 0.467 e. The fourth-order valence-corrected chi connectivity index (χ4v) is 4.36. The molecule has 0 bridgehead atoms. The Morgan fingerprint density at radius 2 is 1.96 bits per heavy atom. The molecule has 0 spiro atoms. The first kappa shape index (κ1) is 16.6. The smallest absolute Gasteiger partial charge is 0.254 e. The molecule has 7 heteroatoms. The second kappa shape index (κ2) is 6.32. The van der Waals surface area contributed by atoms with Crippen molar-refractivity contribution >= 4 is 21.6 Å². The molecule has 1 saturated heterocycles. The lowest BCUT2D eigenvalue weighted by Crippen LogP contribution is -2.29. The highest BCUT2D eigenvalue weighted by Gasteiger charge is 2.28. The van der Waals surface area contributed by atoms with E-state index >= 15 is 0 Å². The molecular weight excluding hydrogens is 328 g/mol. The predicted octanol–water partition coefficient (Wildman–Crippen LogP) is 2.65. The average molecular weight is 348 g/mol. The number of hydrogen-bond donors (Lipinski definition) is 0. The van der Waals surface area contributed by atoms with Gasteiger partial charge in [0.1, 0.15) is 5.76 Å². The Morgan fingerprint density at radius 1 is 1.25 bits per heavy atom. The summed E-state index contributed by atoms with van der Waals surface area (Å²) < 4.78 is 30.6. The van der Waals surface area contributed by atoms with Crippen molar-refractivity contribution in [2.45, 2.75) is 19.4 Å². The van der Waals surface area contributed by atoms with E-state index in [1.807, 2.05) is 13.0 Å². The molecule has 1 fully saturated rings. The molecule has 1 aliphatic heterocycles. The van der Waals surface area contributed by atoms with Gasteiger partial charge in [-0.1, -0.05) is 0 Å². The number of sulfonamides is 1. The summed E-state index contributed by atoms with van der Waals surface area (Å²) in [5, 5.41) is 0. The van der Waals surface area contributed by atoms with Crippen molar-refractivity contribution in [1.82, 2.24) is 4.90 Å². The summed E-state index contributed by atoms with van der Waals surface area (Å²) in [6.07, 6.45) is 2.21.